The van der Waals surface area contributed by atoms with Gasteiger partial charge in [-0.2, -0.15) is 0 Å². The number of rotatable bonds is 3. The molecule has 4 saturated carbocycles. The zero-order chi connectivity index (χ0) is 12.2. The lowest BCUT2D eigenvalue weighted by Gasteiger charge is -2.58. The molecule has 3 heteroatoms. The minimum Gasteiger partial charge on any atom is -0.481 e. The van der Waals surface area contributed by atoms with Crippen molar-refractivity contribution < 1.29 is 14.6 Å². The fourth-order valence-electron chi connectivity index (χ4n) is 4.40. The second-order valence-electron chi connectivity index (χ2n) is 6.20. The van der Waals surface area contributed by atoms with Crippen LogP contribution in [0.4, 0.5) is 0 Å². The van der Waals surface area contributed by atoms with Gasteiger partial charge in [-0.15, -0.1) is 0 Å². The molecule has 4 aliphatic carbocycles. The second kappa shape index (κ2) is 3.58. The summed E-state index contributed by atoms with van der Waals surface area (Å²) in [5.41, 5.74) is -0.502. The molecule has 3 nitrogen and oxygen atoms in total. The Balaban J connectivity index is 1.85. The number of Topliss-reactive ketones (excluding diaryl/α,β-unsaturated/α-hetero) is 1. The summed E-state index contributed by atoms with van der Waals surface area (Å²) in [6, 6.07) is 0. The van der Waals surface area contributed by atoms with Crippen molar-refractivity contribution in [1.82, 2.24) is 0 Å². The normalized spacial score (nSPS) is 46.9. The lowest BCUT2D eigenvalue weighted by atomic mass is 9.53. The van der Waals surface area contributed by atoms with E-state index in [0.717, 1.165) is 25.7 Å². The Kier molecular flexibility index (Phi) is 2.37. The first-order valence-electron chi connectivity index (χ1n) is 6.57. The summed E-state index contributed by atoms with van der Waals surface area (Å²) in [7, 11) is 0. The molecule has 3 atom stereocenters. The van der Waals surface area contributed by atoms with E-state index in [1.807, 2.05) is 0 Å². The maximum Gasteiger partial charge on any atom is 0.193 e. The topological polar surface area (TPSA) is 46.5 Å². The third-order valence-corrected chi connectivity index (χ3v) is 4.91. The molecule has 0 spiro atoms. The lowest BCUT2D eigenvalue weighted by Crippen LogP contribution is -2.61. The fraction of sp³-hybridized carbons (Fsp3) is 0.786. The van der Waals surface area contributed by atoms with E-state index in [2.05, 4.69) is 6.58 Å². The van der Waals surface area contributed by atoms with E-state index >= 15 is 0 Å². The molecule has 4 bridgehead atoms. The van der Waals surface area contributed by atoms with Crippen LogP contribution in [-0.2, 0) is 9.53 Å². The monoisotopic (exact) mass is 236 g/mol. The number of ketones is 1. The van der Waals surface area contributed by atoms with Gasteiger partial charge in [-0.25, -0.2) is 0 Å². The highest BCUT2D eigenvalue weighted by atomic mass is 16.5. The molecule has 0 radical (unpaired) electrons. The van der Waals surface area contributed by atoms with Crippen LogP contribution in [0.15, 0.2) is 12.3 Å². The van der Waals surface area contributed by atoms with Gasteiger partial charge in [0.15, 0.2) is 11.5 Å². The summed E-state index contributed by atoms with van der Waals surface area (Å²) in [5.74, 6) is 1.81. The second-order valence-corrected chi connectivity index (χ2v) is 6.20. The van der Waals surface area contributed by atoms with Crippen LogP contribution in [0.25, 0.3) is 0 Å². The van der Waals surface area contributed by atoms with Crippen molar-refractivity contribution in [2.45, 2.75) is 50.7 Å². The molecule has 0 aromatic heterocycles. The molecule has 3 unspecified atom stereocenters. The third kappa shape index (κ3) is 1.63. The van der Waals surface area contributed by atoms with Crippen LogP contribution < -0.4 is 0 Å². The molecule has 17 heavy (non-hydrogen) atoms. The van der Waals surface area contributed by atoms with E-state index in [0.29, 0.717) is 17.8 Å². The fourth-order valence-corrected chi connectivity index (χ4v) is 4.40. The van der Waals surface area contributed by atoms with Crippen molar-refractivity contribution in [3.8, 4) is 0 Å². The van der Waals surface area contributed by atoms with E-state index in [-0.39, 0.29) is 11.5 Å². The van der Waals surface area contributed by atoms with Gasteiger partial charge in [0.25, 0.3) is 0 Å². The maximum atomic E-state index is 11.3. The maximum absolute atomic E-state index is 11.3. The van der Waals surface area contributed by atoms with Gasteiger partial charge < -0.3 is 9.84 Å². The van der Waals surface area contributed by atoms with E-state index < -0.39 is 11.7 Å². The van der Waals surface area contributed by atoms with Crippen LogP contribution in [0.3, 0.4) is 0 Å². The molecule has 94 valence electrons. The minimum absolute atomic E-state index is 0.132. The van der Waals surface area contributed by atoms with Crippen molar-refractivity contribution in [3.63, 3.8) is 0 Å². The highest BCUT2D eigenvalue weighted by molar-refractivity contribution is 5.90. The van der Waals surface area contributed by atoms with Gasteiger partial charge >= 0.3 is 0 Å². The van der Waals surface area contributed by atoms with Crippen LogP contribution in [0, 0.1) is 17.8 Å². The lowest BCUT2D eigenvalue weighted by molar-refractivity contribution is -0.213. The van der Waals surface area contributed by atoms with Gasteiger partial charge in [0.2, 0.25) is 0 Å². The molecule has 0 amide bonds. The van der Waals surface area contributed by atoms with Crippen molar-refractivity contribution in [3.05, 3.63) is 12.3 Å². The first-order chi connectivity index (χ1) is 8.00. The number of allylic oxidation sites excluding steroid dienone is 1. The molecule has 0 aliphatic heterocycles. The Hall–Kier alpha value is -0.830. The van der Waals surface area contributed by atoms with Crippen LogP contribution in [0.1, 0.15) is 39.0 Å². The highest BCUT2D eigenvalue weighted by Gasteiger charge is 2.58. The van der Waals surface area contributed by atoms with Gasteiger partial charge in [-0.1, -0.05) is 6.58 Å². The quantitative estimate of drug-likeness (QED) is 0.602. The van der Waals surface area contributed by atoms with Crippen LogP contribution in [0.2, 0.25) is 0 Å². The van der Waals surface area contributed by atoms with Crippen molar-refractivity contribution in [2.75, 3.05) is 0 Å². The predicted molar refractivity (Wildman–Crippen MR) is 63.2 cm³/mol. The number of carbonyl (C=O) groups is 1. The van der Waals surface area contributed by atoms with E-state index in [9.17, 15) is 9.90 Å². The minimum atomic E-state index is -0.502. The van der Waals surface area contributed by atoms with Gasteiger partial charge in [0.05, 0.1) is 6.10 Å². The summed E-state index contributed by atoms with van der Waals surface area (Å²) < 4.78 is 5.83. The van der Waals surface area contributed by atoms with E-state index in [4.69, 9.17) is 4.74 Å². The summed E-state index contributed by atoms with van der Waals surface area (Å²) in [6.45, 7) is 5.15. The van der Waals surface area contributed by atoms with E-state index in [1.165, 1.54) is 13.3 Å². The number of aliphatic hydroxyl groups excluding tert-OH is 1. The standard InChI is InChI=1S/C14H20O3/c1-8(15)9(2)17-14-6-10-3-11(7-14)5-12(4-10)13(14)16/h10-13,16H,2-7H2,1H3. The van der Waals surface area contributed by atoms with Gasteiger partial charge in [0.1, 0.15) is 5.60 Å². The van der Waals surface area contributed by atoms with Crippen molar-refractivity contribution in [2.24, 2.45) is 17.8 Å². The highest BCUT2D eigenvalue weighted by Crippen LogP contribution is 2.57. The summed E-state index contributed by atoms with van der Waals surface area (Å²) in [5, 5.41) is 10.4. The Labute approximate surface area is 102 Å². The number of aliphatic hydroxyl groups is 1. The van der Waals surface area contributed by atoms with Gasteiger partial charge in [-0.05, 0) is 49.9 Å². The molecule has 0 aromatic carbocycles. The SMILES string of the molecule is C=C(OC12CC3CC(CC(C3)C1O)C2)C(C)=O. The smallest absolute Gasteiger partial charge is 0.193 e. The Morgan fingerprint density at radius 2 is 1.88 bits per heavy atom. The Bertz CT molecular complexity index is 360. The van der Waals surface area contributed by atoms with Gasteiger partial charge in [0, 0.05) is 6.92 Å². The van der Waals surface area contributed by atoms with Crippen LogP contribution in [-0.4, -0.2) is 22.6 Å². The van der Waals surface area contributed by atoms with Crippen molar-refractivity contribution in [1.29, 1.82) is 0 Å². The molecule has 4 rings (SSSR count). The Morgan fingerprint density at radius 3 is 2.41 bits per heavy atom. The molecule has 0 saturated heterocycles. The number of hydrogen-bond acceptors (Lipinski definition) is 3. The molecule has 0 aromatic rings. The summed E-state index contributed by atoms with van der Waals surface area (Å²) in [4.78, 5) is 11.3. The average Bonchev–Trinajstić information content (AvgIpc) is 2.24. The van der Waals surface area contributed by atoms with E-state index in [1.54, 1.807) is 0 Å². The number of hydrogen-bond donors (Lipinski definition) is 1. The summed E-state index contributed by atoms with van der Waals surface area (Å²) in [6.07, 6.45) is 4.93. The first kappa shape index (κ1) is 11.3. The molecular formula is C14H20O3. The first-order valence-corrected chi connectivity index (χ1v) is 6.57. The van der Waals surface area contributed by atoms with Crippen LogP contribution >= 0.6 is 0 Å². The predicted octanol–water partition coefficient (Wildman–Crippen LogP) is 2.05. The molecule has 4 fully saturated rings. The van der Waals surface area contributed by atoms with Gasteiger partial charge in [-0.3, -0.25) is 4.79 Å². The molecule has 0 heterocycles. The number of ether oxygens (including phenoxy) is 1. The van der Waals surface area contributed by atoms with Crippen molar-refractivity contribution >= 4 is 5.78 Å². The zero-order valence-corrected chi connectivity index (χ0v) is 10.3. The molecular weight excluding hydrogens is 216 g/mol. The largest absolute Gasteiger partial charge is 0.481 e. The third-order valence-electron chi connectivity index (χ3n) is 4.91. The average molecular weight is 236 g/mol. The summed E-state index contributed by atoms with van der Waals surface area (Å²) >= 11 is 0. The Morgan fingerprint density at radius 1 is 1.29 bits per heavy atom. The molecule has 4 aliphatic rings. The number of carbonyl (C=O) groups excluding carboxylic acids is 1. The zero-order valence-electron chi connectivity index (χ0n) is 10.3. The molecule has 1 N–H and O–H groups in total. The van der Waals surface area contributed by atoms with Crippen LogP contribution in [0.5, 0.6) is 0 Å².